The Labute approximate surface area is 203 Å². The second kappa shape index (κ2) is 10.6. The fraction of sp³-hybridized carbons (Fsp3) is 0.130. The van der Waals surface area contributed by atoms with Crippen LogP contribution in [0, 0.1) is 11.3 Å². The maximum Gasteiger partial charge on any atom is 0.355 e. The van der Waals surface area contributed by atoms with E-state index in [9.17, 15) is 14.7 Å². The molecule has 12 heteroatoms. The molecule has 2 N–H and O–H groups in total. The van der Waals surface area contributed by atoms with Crippen molar-refractivity contribution in [3.63, 3.8) is 0 Å². The minimum Gasteiger partial charge on any atom is -0.454 e. The summed E-state index contributed by atoms with van der Waals surface area (Å²) in [5, 5.41) is 21.6. The first-order chi connectivity index (χ1) is 17.0. The average Bonchev–Trinajstić information content (AvgIpc) is 2.87. The van der Waals surface area contributed by atoms with Crippen LogP contribution in [0.4, 0.5) is 11.6 Å². The molecule has 0 saturated carbocycles. The third kappa shape index (κ3) is 5.70. The van der Waals surface area contributed by atoms with Crippen LogP contribution in [0.5, 0.6) is 11.5 Å². The molecule has 2 heterocycles. The number of nitriles is 1. The van der Waals surface area contributed by atoms with Crippen LogP contribution in [0.1, 0.15) is 11.4 Å². The van der Waals surface area contributed by atoms with Gasteiger partial charge in [0.05, 0.1) is 32.1 Å². The predicted molar refractivity (Wildman–Crippen MR) is 127 cm³/mol. The summed E-state index contributed by atoms with van der Waals surface area (Å²) in [4.78, 5) is 37.1. The maximum absolute atomic E-state index is 13.0. The van der Waals surface area contributed by atoms with Gasteiger partial charge in [0.2, 0.25) is 11.8 Å². The van der Waals surface area contributed by atoms with Crippen LogP contribution in [0.3, 0.4) is 0 Å². The highest BCUT2D eigenvalue weighted by Gasteiger charge is 2.14. The largest absolute Gasteiger partial charge is 0.454 e. The molecule has 0 atom stereocenters. The molecule has 35 heavy (non-hydrogen) atoms. The maximum atomic E-state index is 13.0. The number of aromatic nitrogens is 5. The lowest BCUT2D eigenvalue weighted by Gasteiger charge is -2.15. The smallest absolute Gasteiger partial charge is 0.355 e. The van der Waals surface area contributed by atoms with Crippen LogP contribution in [0.2, 0.25) is 5.02 Å². The van der Waals surface area contributed by atoms with Crippen molar-refractivity contribution in [2.45, 2.75) is 13.1 Å². The molecule has 0 bridgehead atoms. The van der Waals surface area contributed by atoms with Crippen LogP contribution in [-0.2, 0) is 13.1 Å². The SMILES string of the molecule is N#Cc1ncc(Oc2ccc(Nc3nc(=O)n(CCO)c(=O)n3Cc3ccc(Cl)cc3)cc2)cn1. The molecule has 4 rings (SSSR count). The summed E-state index contributed by atoms with van der Waals surface area (Å²) >= 11 is 5.95. The van der Waals surface area contributed by atoms with Gasteiger partial charge >= 0.3 is 11.4 Å². The minimum absolute atomic E-state index is 0.0370. The molecule has 4 aromatic rings. The molecule has 2 aromatic heterocycles. The second-order valence-electron chi connectivity index (χ2n) is 7.19. The average molecular weight is 492 g/mol. The Kier molecular flexibility index (Phi) is 7.15. The summed E-state index contributed by atoms with van der Waals surface area (Å²) in [5.41, 5.74) is -0.0784. The first-order valence-corrected chi connectivity index (χ1v) is 10.7. The van der Waals surface area contributed by atoms with Crippen LogP contribution in [0.15, 0.2) is 70.5 Å². The monoisotopic (exact) mass is 491 g/mol. The molecular weight excluding hydrogens is 474 g/mol. The van der Waals surface area contributed by atoms with E-state index in [1.807, 2.05) is 6.07 Å². The standard InChI is InChI=1S/C23H18ClN7O4/c24-16-3-1-15(2-4-16)14-31-21(29-22(33)30(9-10-32)23(31)34)28-17-5-7-18(8-6-17)35-19-12-26-20(11-25)27-13-19/h1-8,12-13,32H,9-10,14H2,(H,28,29,33). The lowest BCUT2D eigenvalue weighted by atomic mass is 10.2. The topological polar surface area (TPSA) is 148 Å². The first kappa shape index (κ1) is 23.6. The molecule has 0 amide bonds. The molecule has 0 saturated heterocycles. The van der Waals surface area contributed by atoms with E-state index in [0.717, 1.165) is 10.1 Å². The molecule has 11 nitrogen and oxygen atoms in total. The number of nitrogens with one attached hydrogen (secondary N) is 1. The Balaban J connectivity index is 1.60. The van der Waals surface area contributed by atoms with E-state index in [4.69, 9.17) is 21.6 Å². The molecular formula is C23H18ClN7O4. The number of aliphatic hydroxyl groups is 1. The number of hydrogen-bond donors (Lipinski definition) is 2. The lowest BCUT2D eigenvalue weighted by molar-refractivity contribution is 0.268. The van der Waals surface area contributed by atoms with Gasteiger partial charge in [-0.2, -0.15) is 10.2 Å². The van der Waals surface area contributed by atoms with Crippen LogP contribution < -0.4 is 21.4 Å². The van der Waals surface area contributed by atoms with Gasteiger partial charge in [0, 0.05) is 10.7 Å². The molecule has 0 aliphatic rings. The highest BCUT2D eigenvalue weighted by atomic mass is 35.5. The minimum atomic E-state index is -0.778. The summed E-state index contributed by atoms with van der Waals surface area (Å²) < 4.78 is 7.83. The van der Waals surface area contributed by atoms with E-state index in [0.29, 0.717) is 22.2 Å². The number of ether oxygens (including phenoxy) is 1. The van der Waals surface area contributed by atoms with Gasteiger partial charge in [-0.3, -0.25) is 4.57 Å². The fourth-order valence-electron chi connectivity index (χ4n) is 3.13. The van der Waals surface area contributed by atoms with Crippen molar-refractivity contribution in [1.29, 1.82) is 5.26 Å². The van der Waals surface area contributed by atoms with Gasteiger partial charge in [0.15, 0.2) is 5.75 Å². The van der Waals surface area contributed by atoms with E-state index < -0.39 is 11.4 Å². The Hall–Kier alpha value is -4.53. The Morgan fingerprint density at radius 3 is 2.31 bits per heavy atom. The van der Waals surface area contributed by atoms with Gasteiger partial charge in [-0.05, 0) is 42.0 Å². The van der Waals surface area contributed by atoms with Crippen molar-refractivity contribution in [3.8, 4) is 17.6 Å². The van der Waals surface area contributed by atoms with Crippen LogP contribution in [0.25, 0.3) is 0 Å². The molecule has 0 unspecified atom stereocenters. The van der Waals surface area contributed by atoms with Crippen molar-refractivity contribution >= 4 is 23.2 Å². The van der Waals surface area contributed by atoms with E-state index in [2.05, 4.69) is 20.3 Å². The number of nitrogens with zero attached hydrogens (tertiary/aromatic N) is 6. The Morgan fingerprint density at radius 2 is 1.69 bits per heavy atom. The molecule has 176 valence electrons. The fourth-order valence-corrected chi connectivity index (χ4v) is 3.26. The summed E-state index contributed by atoms with van der Waals surface area (Å²) in [6.07, 6.45) is 2.77. The molecule has 2 aromatic carbocycles. The van der Waals surface area contributed by atoms with Crippen LogP contribution in [-0.4, -0.2) is 35.8 Å². The quantitative estimate of drug-likeness (QED) is 0.378. The number of rotatable bonds is 8. The lowest BCUT2D eigenvalue weighted by Crippen LogP contribution is -2.43. The van der Waals surface area contributed by atoms with Gasteiger partial charge < -0.3 is 15.2 Å². The molecule has 0 spiro atoms. The second-order valence-corrected chi connectivity index (χ2v) is 7.63. The third-order valence-corrected chi connectivity index (χ3v) is 5.05. The molecule has 0 aliphatic carbocycles. The summed E-state index contributed by atoms with van der Waals surface area (Å²) in [6, 6.07) is 15.4. The normalized spacial score (nSPS) is 10.5. The van der Waals surface area contributed by atoms with E-state index in [1.54, 1.807) is 48.5 Å². The predicted octanol–water partition coefficient (Wildman–Crippen LogP) is 2.30. The van der Waals surface area contributed by atoms with Crippen molar-refractivity contribution in [3.05, 3.63) is 98.3 Å². The summed E-state index contributed by atoms with van der Waals surface area (Å²) in [7, 11) is 0. The van der Waals surface area contributed by atoms with Gasteiger partial charge in [0.1, 0.15) is 11.8 Å². The van der Waals surface area contributed by atoms with Crippen molar-refractivity contribution in [2.75, 3.05) is 11.9 Å². The van der Waals surface area contributed by atoms with E-state index >= 15 is 0 Å². The number of aliphatic hydroxyl groups excluding tert-OH is 1. The molecule has 0 radical (unpaired) electrons. The Bertz CT molecular complexity index is 1480. The highest BCUT2D eigenvalue weighted by molar-refractivity contribution is 6.30. The first-order valence-electron chi connectivity index (χ1n) is 10.3. The van der Waals surface area contributed by atoms with Gasteiger partial charge in [-0.25, -0.2) is 24.1 Å². The molecule has 0 fully saturated rings. The van der Waals surface area contributed by atoms with Gasteiger partial charge in [-0.15, -0.1) is 0 Å². The summed E-state index contributed by atoms with van der Waals surface area (Å²) in [5.74, 6) is 0.915. The zero-order valence-electron chi connectivity index (χ0n) is 18.1. The number of anilines is 2. The number of halogens is 1. The van der Waals surface area contributed by atoms with Crippen molar-refractivity contribution in [2.24, 2.45) is 0 Å². The highest BCUT2D eigenvalue weighted by Crippen LogP contribution is 2.23. The number of benzene rings is 2. The third-order valence-electron chi connectivity index (χ3n) is 4.80. The van der Waals surface area contributed by atoms with Crippen molar-refractivity contribution < 1.29 is 9.84 Å². The van der Waals surface area contributed by atoms with Gasteiger partial charge in [-0.1, -0.05) is 23.7 Å². The van der Waals surface area contributed by atoms with E-state index in [1.165, 1.54) is 17.0 Å². The summed E-state index contributed by atoms with van der Waals surface area (Å²) in [6.45, 7) is -0.427. The van der Waals surface area contributed by atoms with Gasteiger partial charge in [0.25, 0.3) is 0 Å². The number of hydrogen-bond acceptors (Lipinski definition) is 9. The van der Waals surface area contributed by atoms with Crippen LogP contribution >= 0.6 is 11.6 Å². The molecule has 0 aliphatic heterocycles. The zero-order valence-corrected chi connectivity index (χ0v) is 18.9. The van der Waals surface area contributed by atoms with Crippen molar-refractivity contribution in [1.82, 2.24) is 24.1 Å². The van der Waals surface area contributed by atoms with E-state index in [-0.39, 0.29) is 31.5 Å². The zero-order chi connectivity index (χ0) is 24.8. The Morgan fingerprint density at radius 1 is 1.00 bits per heavy atom.